The van der Waals surface area contributed by atoms with E-state index < -0.39 is 0 Å². The molecule has 0 amide bonds. The maximum atomic E-state index is 5.91. The molecule has 2 N–H and O–H groups in total. The first-order valence-electron chi connectivity index (χ1n) is 5.52. The summed E-state index contributed by atoms with van der Waals surface area (Å²) in [6, 6.07) is 11.2. The zero-order chi connectivity index (χ0) is 12.7. The minimum absolute atomic E-state index is 0.581. The van der Waals surface area contributed by atoms with Gasteiger partial charge in [0, 0.05) is 28.4 Å². The Morgan fingerprint density at radius 3 is 2.61 bits per heavy atom. The molecule has 0 saturated heterocycles. The molecular weight excluding hydrogens is 248 g/mol. The summed E-state index contributed by atoms with van der Waals surface area (Å²) in [5.74, 6) is 0.581. The van der Waals surface area contributed by atoms with Crippen LogP contribution < -0.4 is 5.73 Å². The summed E-state index contributed by atoms with van der Waals surface area (Å²) in [5, 5.41) is 5.14. The maximum Gasteiger partial charge on any atom is 0.158 e. The van der Waals surface area contributed by atoms with Crippen LogP contribution in [-0.2, 0) is 0 Å². The van der Waals surface area contributed by atoms with Crippen LogP contribution in [0.5, 0.6) is 0 Å². The van der Waals surface area contributed by atoms with Gasteiger partial charge in [0.05, 0.1) is 5.69 Å². The second-order valence-corrected chi connectivity index (χ2v) is 4.57. The highest BCUT2D eigenvalue weighted by Gasteiger charge is 2.07. The molecule has 2 heterocycles. The highest BCUT2D eigenvalue weighted by Crippen LogP contribution is 2.22. The Balaban J connectivity index is 2.19. The van der Waals surface area contributed by atoms with E-state index in [9.17, 15) is 0 Å². The second kappa shape index (κ2) is 3.99. The van der Waals surface area contributed by atoms with Gasteiger partial charge in [-0.15, -0.1) is 0 Å². The molecule has 3 aromatic rings. The van der Waals surface area contributed by atoms with Gasteiger partial charge in [-0.05, 0) is 19.1 Å². The van der Waals surface area contributed by atoms with Gasteiger partial charge < -0.3 is 5.73 Å². The predicted octanol–water partition coefficient (Wildman–Crippen LogP) is 2.94. The van der Waals surface area contributed by atoms with Gasteiger partial charge in [0.15, 0.2) is 5.65 Å². The molecule has 5 heteroatoms. The van der Waals surface area contributed by atoms with E-state index in [4.69, 9.17) is 17.3 Å². The summed E-state index contributed by atoms with van der Waals surface area (Å²) in [6.45, 7) is 1.91. The van der Waals surface area contributed by atoms with Crippen molar-refractivity contribution in [3.05, 3.63) is 47.1 Å². The van der Waals surface area contributed by atoms with Crippen molar-refractivity contribution in [2.24, 2.45) is 0 Å². The molecule has 4 nitrogen and oxygen atoms in total. The Morgan fingerprint density at radius 1 is 1.17 bits per heavy atom. The normalized spacial score (nSPS) is 11.0. The van der Waals surface area contributed by atoms with Crippen molar-refractivity contribution in [1.29, 1.82) is 0 Å². The predicted molar refractivity (Wildman–Crippen MR) is 72.6 cm³/mol. The topological polar surface area (TPSA) is 56.2 Å². The molecule has 0 saturated carbocycles. The fourth-order valence-electron chi connectivity index (χ4n) is 1.89. The van der Waals surface area contributed by atoms with Crippen molar-refractivity contribution >= 4 is 23.1 Å². The number of aryl methyl sites for hydroxylation is 1. The minimum atomic E-state index is 0.581. The van der Waals surface area contributed by atoms with Crippen LogP contribution in [0, 0.1) is 6.92 Å². The number of nitrogens with zero attached hydrogens (tertiary/aromatic N) is 3. The largest absolute Gasteiger partial charge is 0.384 e. The first-order valence-corrected chi connectivity index (χ1v) is 5.90. The number of anilines is 1. The molecule has 0 aliphatic rings. The van der Waals surface area contributed by atoms with Gasteiger partial charge in [0.2, 0.25) is 0 Å². The van der Waals surface area contributed by atoms with Gasteiger partial charge >= 0.3 is 0 Å². The Morgan fingerprint density at radius 2 is 1.89 bits per heavy atom. The molecule has 0 spiro atoms. The van der Waals surface area contributed by atoms with Crippen molar-refractivity contribution in [1.82, 2.24) is 14.6 Å². The second-order valence-electron chi connectivity index (χ2n) is 4.13. The van der Waals surface area contributed by atoms with Gasteiger partial charge in [0.25, 0.3) is 0 Å². The molecule has 1 aromatic carbocycles. The van der Waals surface area contributed by atoms with Gasteiger partial charge in [-0.25, -0.2) is 4.98 Å². The lowest BCUT2D eigenvalue weighted by atomic mass is 10.2. The molecule has 0 radical (unpaired) electrons. The lowest BCUT2D eigenvalue weighted by Gasteiger charge is -1.99. The van der Waals surface area contributed by atoms with E-state index in [2.05, 4.69) is 10.1 Å². The summed E-state index contributed by atoms with van der Waals surface area (Å²) in [6.07, 6.45) is 0. The summed E-state index contributed by atoms with van der Waals surface area (Å²) in [5.41, 5.74) is 9.35. The van der Waals surface area contributed by atoms with Gasteiger partial charge in [-0.2, -0.15) is 9.61 Å². The molecule has 0 fully saturated rings. The molecule has 18 heavy (non-hydrogen) atoms. The zero-order valence-corrected chi connectivity index (χ0v) is 10.5. The first kappa shape index (κ1) is 11.0. The number of nitrogens with two attached hydrogens (primary N) is 1. The quantitative estimate of drug-likeness (QED) is 0.730. The Bertz CT molecular complexity index is 716. The number of fused-ring (bicyclic) bond motifs is 1. The van der Waals surface area contributed by atoms with E-state index >= 15 is 0 Å². The number of hydrogen-bond acceptors (Lipinski definition) is 3. The fourth-order valence-corrected chi connectivity index (χ4v) is 2.02. The summed E-state index contributed by atoms with van der Waals surface area (Å²) >= 11 is 5.87. The number of rotatable bonds is 1. The minimum Gasteiger partial charge on any atom is -0.384 e. The highest BCUT2D eigenvalue weighted by atomic mass is 35.5. The fraction of sp³-hybridized carbons (Fsp3) is 0.0769. The molecule has 0 atom stereocenters. The van der Waals surface area contributed by atoms with Crippen LogP contribution in [-0.4, -0.2) is 14.6 Å². The Labute approximate surface area is 109 Å². The lowest BCUT2D eigenvalue weighted by molar-refractivity contribution is 0.946. The van der Waals surface area contributed by atoms with E-state index in [1.165, 1.54) is 0 Å². The van der Waals surface area contributed by atoms with Crippen molar-refractivity contribution in [3.63, 3.8) is 0 Å². The standard InChI is InChI=1S/C13H11ClN4/c1-8-6-12(15)18-13(16-8)7-11(17-18)9-2-4-10(14)5-3-9/h2-7H,15H2,1H3. The number of benzene rings is 1. The van der Waals surface area contributed by atoms with E-state index in [0.29, 0.717) is 10.8 Å². The molecule has 0 aliphatic heterocycles. The Hall–Kier alpha value is -2.07. The summed E-state index contributed by atoms with van der Waals surface area (Å²) < 4.78 is 1.64. The van der Waals surface area contributed by atoms with Crippen LogP contribution >= 0.6 is 11.6 Å². The van der Waals surface area contributed by atoms with Crippen LogP contribution in [0.4, 0.5) is 5.82 Å². The maximum absolute atomic E-state index is 5.91. The van der Waals surface area contributed by atoms with E-state index in [1.807, 2.05) is 37.3 Å². The summed E-state index contributed by atoms with van der Waals surface area (Å²) in [4.78, 5) is 4.39. The zero-order valence-electron chi connectivity index (χ0n) is 9.76. The van der Waals surface area contributed by atoms with Crippen molar-refractivity contribution < 1.29 is 0 Å². The SMILES string of the molecule is Cc1cc(N)n2nc(-c3ccc(Cl)cc3)cc2n1. The van der Waals surface area contributed by atoms with E-state index in [-0.39, 0.29) is 0 Å². The van der Waals surface area contributed by atoms with Crippen molar-refractivity contribution in [2.75, 3.05) is 5.73 Å². The molecule has 90 valence electrons. The molecule has 0 aliphatic carbocycles. The lowest BCUT2D eigenvalue weighted by Crippen LogP contribution is -2.00. The highest BCUT2D eigenvalue weighted by molar-refractivity contribution is 6.30. The molecule has 2 aromatic heterocycles. The molecule has 3 rings (SSSR count). The first-order chi connectivity index (χ1) is 8.63. The average molecular weight is 259 g/mol. The summed E-state index contributed by atoms with van der Waals surface area (Å²) in [7, 11) is 0. The third-order valence-electron chi connectivity index (χ3n) is 2.72. The Kier molecular flexibility index (Phi) is 2.45. The molecule has 0 bridgehead atoms. The van der Waals surface area contributed by atoms with Crippen LogP contribution in [0.2, 0.25) is 5.02 Å². The van der Waals surface area contributed by atoms with E-state index in [0.717, 1.165) is 22.6 Å². The third-order valence-corrected chi connectivity index (χ3v) is 2.97. The molecule has 0 unspecified atom stereocenters. The number of hydrogen-bond donors (Lipinski definition) is 1. The van der Waals surface area contributed by atoms with Gasteiger partial charge in [-0.3, -0.25) is 0 Å². The molecular formula is C13H11ClN4. The van der Waals surface area contributed by atoms with Crippen LogP contribution in [0.3, 0.4) is 0 Å². The smallest absolute Gasteiger partial charge is 0.158 e. The average Bonchev–Trinajstić information content (AvgIpc) is 2.74. The van der Waals surface area contributed by atoms with Crippen molar-refractivity contribution in [3.8, 4) is 11.3 Å². The number of aromatic nitrogens is 3. The monoisotopic (exact) mass is 258 g/mol. The van der Waals surface area contributed by atoms with Crippen LogP contribution in [0.15, 0.2) is 36.4 Å². The van der Waals surface area contributed by atoms with Crippen LogP contribution in [0.1, 0.15) is 5.69 Å². The van der Waals surface area contributed by atoms with Crippen molar-refractivity contribution in [2.45, 2.75) is 6.92 Å². The van der Waals surface area contributed by atoms with Gasteiger partial charge in [0.1, 0.15) is 5.82 Å². The van der Waals surface area contributed by atoms with E-state index in [1.54, 1.807) is 10.6 Å². The van der Waals surface area contributed by atoms with Crippen LogP contribution in [0.25, 0.3) is 16.9 Å². The number of halogens is 1. The third kappa shape index (κ3) is 1.80. The number of nitrogen functional groups attached to an aromatic ring is 1. The van der Waals surface area contributed by atoms with Gasteiger partial charge in [-0.1, -0.05) is 23.7 Å².